The van der Waals surface area contributed by atoms with E-state index in [0.717, 1.165) is 22.3 Å². The van der Waals surface area contributed by atoms with Gasteiger partial charge in [0.25, 0.3) is 10.0 Å². The van der Waals surface area contributed by atoms with Gasteiger partial charge >= 0.3 is 0 Å². The van der Waals surface area contributed by atoms with E-state index in [0.29, 0.717) is 17.8 Å². The number of carbonyl (C=O) groups is 2. The van der Waals surface area contributed by atoms with Gasteiger partial charge in [0.2, 0.25) is 11.8 Å². The third kappa shape index (κ3) is 7.90. The molecule has 0 fully saturated rings. The maximum atomic E-state index is 14.5. The van der Waals surface area contributed by atoms with Crippen LogP contribution in [0.4, 0.5) is 5.69 Å². The highest BCUT2D eigenvalue weighted by atomic mass is 32.2. The van der Waals surface area contributed by atoms with Crippen molar-refractivity contribution >= 4 is 27.5 Å². The van der Waals surface area contributed by atoms with Crippen LogP contribution in [0.15, 0.2) is 108 Å². The van der Waals surface area contributed by atoms with Gasteiger partial charge in [-0.25, -0.2) is 8.42 Å². The molecule has 4 rings (SSSR count). The van der Waals surface area contributed by atoms with Crippen LogP contribution in [-0.2, 0) is 32.6 Å². The summed E-state index contributed by atoms with van der Waals surface area (Å²) in [4.78, 5) is 29.7. The van der Waals surface area contributed by atoms with E-state index in [1.165, 1.54) is 21.3 Å². The fourth-order valence-corrected chi connectivity index (χ4v) is 6.57. The first kappa shape index (κ1) is 31.5. The second kappa shape index (κ2) is 14.2. The van der Waals surface area contributed by atoms with Gasteiger partial charge in [-0.1, -0.05) is 90.5 Å². The molecular formula is C35H39N3O4S. The molecule has 7 nitrogen and oxygen atoms in total. The largest absolute Gasteiger partial charge is 0.355 e. The predicted molar refractivity (Wildman–Crippen MR) is 171 cm³/mol. The second-order valence-electron chi connectivity index (χ2n) is 10.7. The molecule has 0 spiro atoms. The number of anilines is 1. The summed E-state index contributed by atoms with van der Waals surface area (Å²) in [5.41, 5.74) is 4.76. The first-order chi connectivity index (χ1) is 20.6. The number of hydrogen-bond acceptors (Lipinski definition) is 4. The molecule has 0 aromatic heterocycles. The van der Waals surface area contributed by atoms with Crippen LogP contribution in [-0.4, -0.2) is 44.3 Å². The van der Waals surface area contributed by atoms with Crippen molar-refractivity contribution in [2.75, 3.05) is 17.4 Å². The normalized spacial score (nSPS) is 11.9. The van der Waals surface area contributed by atoms with E-state index in [-0.39, 0.29) is 23.8 Å². The Bertz CT molecular complexity index is 1660. The first-order valence-corrected chi connectivity index (χ1v) is 15.9. The zero-order chi connectivity index (χ0) is 31.0. The molecular weight excluding hydrogens is 558 g/mol. The van der Waals surface area contributed by atoms with Crippen molar-refractivity contribution in [1.82, 2.24) is 10.2 Å². The van der Waals surface area contributed by atoms with Crippen molar-refractivity contribution in [3.05, 3.63) is 131 Å². The molecule has 0 heterocycles. The fourth-order valence-electron chi connectivity index (χ4n) is 5.07. The Morgan fingerprint density at radius 2 is 1.40 bits per heavy atom. The molecule has 224 valence electrons. The van der Waals surface area contributed by atoms with E-state index in [1.54, 1.807) is 24.3 Å². The van der Waals surface area contributed by atoms with Gasteiger partial charge in [0.05, 0.1) is 10.6 Å². The molecule has 43 heavy (non-hydrogen) atoms. The summed E-state index contributed by atoms with van der Waals surface area (Å²) in [6.07, 6.45) is 0.277. The molecule has 2 amide bonds. The number of aryl methyl sites for hydroxylation is 3. The zero-order valence-electron chi connectivity index (χ0n) is 25.2. The van der Waals surface area contributed by atoms with Gasteiger partial charge in [-0.15, -0.1) is 0 Å². The summed E-state index contributed by atoms with van der Waals surface area (Å²) in [5, 5.41) is 2.89. The molecule has 0 saturated carbocycles. The van der Waals surface area contributed by atoms with Gasteiger partial charge in [-0.3, -0.25) is 13.9 Å². The van der Waals surface area contributed by atoms with E-state index in [2.05, 4.69) is 5.32 Å². The first-order valence-electron chi connectivity index (χ1n) is 14.4. The number of benzene rings is 4. The highest BCUT2D eigenvalue weighted by molar-refractivity contribution is 7.92. The maximum absolute atomic E-state index is 14.5. The number of nitrogens with zero attached hydrogens (tertiary/aromatic N) is 2. The number of amides is 2. The number of nitrogens with one attached hydrogen (secondary N) is 1. The smallest absolute Gasteiger partial charge is 0.264 e. The fraction of sp³-hybridized carbons (Fsp3) is 0.257. The Labute approximate surface area is 255 Å². The van der Waals surface area contributed by atoms with Crippen LogP contribution in [0.1, 0.15) is 34.7 Å². The standard InChI is InChI=1S/C35H39N3O4S/c1-5-36-35(40)33(23-29-14-8-6-9-15-29)37(24-30-16-12-13-26(2)21-30)34(39)25-38(32-22-27(3)19-20-28(32)4)43(41,42)31-17-10-7-11-18-31/h6-22,33H,5,23-25H2,1-4H3,(H,36,40). The van der Waals surface area contributed by atoms with Crippen LogP contribution in [0, 0.1) is 20.8 Å². The average Bonchev–Trinajstić information content (AvgIpc) is 3.00. The lowest BCUT2D eigenvalue weighted by molar-refractivity contribution is -0.140. The molecule has 0 aliphatic heterocycles. The monoisotopic (exact) mass is 597 g/mol. The van der Waals surface area contributed by atoms with Crippen LogP contribution in [0.5, 0.6) is 0 Å². The minimum Gasteiger partial charge on any atom is -0.355 e. The van der Waals surface area contributed by atoms with Crippen LogP contribution in [0.3, 0.4) is 0 Å². The van der Waals surface area contributed by atoms with Crippen molar-refractivity contribution < 1.29 is 18.0 Å². The van der Waals surface area contributed by atoms with Crippen LogP contribution >= 0.6 is 0 Å². The topological polar surface area (TPSA) is 86.8 Å². The summed E-state index contributed by atoms with van der Waals surface area (Å²) in [7, 11) is -4.13. The molecule has 0 aliphatic carbocycles. The average molecular weight is 598 g/mol. The quantitative estimate of drug-likeness (QED) is 0.231. The molecule has 0 aliphatic rings. The maximum Gasteiger partial charge on any atom is 0.264 e. The van der Waals surface area contributed by atoms with Crippen molar-refractivity contribution in [2.45, 2.75) is 51.6 Å². The summed E-state index contributed by atoms with van der Waals surface area (Å²) in [6, 6.07) is 30.1. The molecule has 4 aromatic rings. The number of sulfonamides is 1. The van der Waals surface area contributed by atoms with Crippen molar-refractivity contribution in [1.29, 1.82) is 0 Å². The minimum absolute atomic E-state index is 0.0819. The molecule has 1 N–H and O–H groups in total. The summed E-state index contributed by atoms with van der Waals surface area (Å²) in [5.74, 6) is -0.773. The Morgan fingerprint density at radius 1 is 0.767 bits per heavy atom. The van der Waals surface area contributed by atoms with Crippen LogP contribution in [0.25, 0.3) is 0 Å². The van der Waals surface area contributed by atoms with Gasteiger partial charge in [0, 0.05) is 19.5 Å². The number of rotatable bonds is 12. The van der Waals surface area contributed by atoms with E-state index in [9.17, 15) is 18.0 Å². The Hall–Kier alpha value is -4.43. The van der Waals surface area contributed by atoms with Crippen LogP contribution in [0.2, 0.25) is 0 Å². The lowest BCUT2D eigenvalue weighted by Crippen LogP contribution is -2.53. The second-order valence-corrected chi connectivity index (χ2v) is 12.6. The Balaban J connectivity index is 1.82. The van der Waals surface area contributed by atoms with Crippen molar-refractivity contribution in [3.8, 4) is 0 Å². The summed E-state index contributed by atoms with van der Waals surface area (Å²) < 4.78 is 29.4. The molecule has 0 saturated heterocycles. The molecule has 4 aromatic carbocycles. The molecule has 1 atom stereocenters. The Morgan fingerprint density at radius 3 is 2.05 bits per heavy atom. The molecule has 8 heteroatoms. The van der Waals surface area contributed by atoms with Gasteiger partial charge in [-0.05, 0) is 68.1 Å². The number of carbonyl (C=O) groups excluding carboxylic acids is 2. The molecule has 1 unspecified atom stereocenters. The predicted octanol–water partition coefficient (Wildman–Crippen LogP) is 5.58. The third-order valence-electron chi connectivity index (χ3n) is 7.30. The molecule has 0 radical (unpaired) electrons. The number of hydrogen-bond donors (Lipinski definition) is 1. The van der Waals surface area contributed by atoms with E-state index < -0.39 is 28.5 Å². The Kier molecular flexibility index (Phi) is 10.4. The molecule has 0 bridgehead atoms. The summed E-state index contributed by atoms with van der Waals surface area (Å²) in [6.45, 7) is 7.57. The lowest BCUT2D eigenvalue weighted by Gasteiger charge is -2.34. The zero-order valence-corrected chi connectivity index (χ0v) is 26.0. The SMILES string of the molecule is CCNC(=O)C(Cc1ccccc1)N(Cc1cccc(C)c1)C(=O)CN(c1cc(C)ccc1C)S(=O)(=O)c1ccccc1. The summed E-state index contributed by atoms with van der Waals surface area (Å²) >= 11 is 0. The van der Waals surface area contributed by atoms with Gasteiger partial charge in [0.15, 0.2) is 0 Å². The third-order valence-corrected chi connectivity index (χ3v) is 9.07. The van der Waals surface area contributed by atoms with Crippen molar-refractivity contribution in [3.63, 3.8) is 0 Å². The highest BCUT2D eigenvalue weighted by Gasteiger charge is 2.35. The van der Waals surface area contributed by atoms with Crippen molar-refractivity contribution in [2.24, 2.45) is 0 Å². The van der Waals surface area contributed by atoms with Gasteiger partial charge in [-0.2, -0.15) is 0 Å². The van der Waals surface area contributed by atoms with Crippen LogP contribution < -0.4 is 9.62 Å². The van der Waals surface area contributed by atoms with E-state index in [4.69, 9.17) is 0 Å². The van der Waals surface area contributed by atoms with E-state index in [1.807, 2.05) is 94.4 Å². The minimum atomic E-state index is -4.13. The van der Waals surface area contributed by atoms with E-state index >= 15 is 0 Å². The highest BCUT2D eigenvalue weighted by Crippen LogP contribution is 2.29. The van der Waals surface area contributed by atoms with Gasteiger partial charge in [0.1, 0.15) is 12.6 Å². The lowest BCUT2D eigenvalue weighted by atomic mass is 10.0. The van der Waals surface area contributed by atoms with Gasteiger partial charge < -0.3 is 10.2 Å². The number of likely N-dealkylation sites (N-methyl/N-ethyl adjacent to an activating group) is 1.